The van der Waals surface area contributed by atoms with E-state index in [4.69, 9.17) is 0 Å². The second kappa shape index (κ2) is 8.22. The van der Waals surface area contributed by atoms with Crippen LogP contribution in [0.4, 0.5) is 0 Å². The van der Waals surface area contributed by atoms with Crippen LogP contribution in [0.25, 0.3) is 22.3 Å². The minimum atomic E-state index is -0.0567. The van der Waals surface area contributed by atoms with Gasteiger partial charge in [-0.3, -0.25) is 9.89 Å². The monoisotopic (exact) mass is 408 g/mol. The molecule has 0 saturated carbocycles. The number of hydrogen-bond acceptors (Lipinski definition) is 4. The normalized spacial score (nSPS) is 16.1. The van der Waals surface area contributed by atoms with Crippen molar-refractivity contribution in [1.82, 2.24) is 30.0 Å². The van der Waals surface area contributed by atoms with Crippen LogP contribution in [-0.2, 0) is 7.05 Å². The highest BCUT2D eigenvalue weighted by atomic mass is 16.2. The van der Waals surface area contributed by atoms with Crippen molar-refractivity contribution in [3.63, 3.8) is 0 Å². The number of hydrogen-bond donors (Lipinski definition) is 2. The molecule has 1 amide bonds. The number of amides is 1. The Balaban J connectivity index is 1.61. The summed E-state index contributed by atoms with van der Waals surface area (Å²) in [5.41, 5.74) is 4.29. The van der Waals surface area contributed by atoms with Gasteiger partial charge in [-0.1, -0.05) is 13.8 Å². The molecule has 30 heavy (non-hydrogen) atoms. The van der Waals surface area contributed by atoms with Crippen LogP contribution >= 0.6 is 0 Å². The number of piperidine rings is 1. The summed E-state index contributed by atoms with van der Waals surface area (Å²) in [7, 11) is 1.98. The molecule has 4 heterocycles. The SMILES string of the molecule is CC(C)c1c(-c2cn(C)c3ncccc23)n[nH]c1C(=O)NC1CCN(C(C)C)CC1. The largest absolute Gasteiger partial charge is 0.348 e. The number of carbonyl (C=O) groups is 1. The molecule has 0 spiro atoms. The number of aromatic amines is 1. The molecule has 3 aromatic rings. The maximum Gasteiger partial charge on any atom is 0.269 e. The average Bonchev–Trinajstić information content (AvgIpc) is 3.30. The quantitative estimate of drug-likeness (QED) is 0.675. The van der Waals surface area contributed by atoms with Gasteiger partial charge in [0.2, 0.25) is 0 Å². The van der Waals surface area contributed by atoms with E-state index < -0.39 is 0 Å². The molecule has 4 rings (SSSR count). The van der Waals surface area contributed by atoms with Crippen molar-refractivity contribution in [2.45, 2.75) is 58.5 Å². The fourth-order valence-electron chi connectivity index (χ4n) is 4.51. The van der Waals surface area contributed by atoms with Crippen molar-refractivity contribution >= 4 is 16.9 Å². The van der Waals surface area contributed by atoms with Crippen LogP contribution in [0.15, 0.2) is 24.5 Å². The van der Waals surface area contributed by atoms with Crippen molar-refractivity contribution < 1.29 is 4.79 Å². The number of H-pyrrole nitrogens is 1. The number of fused-ring (bicyclic) bond motifs is 1. The predicted octanol–water partition coefficient (Wildman–Crippen LogP) is 3.69. The maximum absolute atomic E-state index is 13.2. The maximum atomic E-state index is 13.2. The molecule has 3 aromatic heterocycles. The molecular weight excluding hydrogens is 376 g/mol. The van der Waals surface area contributed by atoms with Crippen molar-refractivity contribution in [3.8, 4) is 11.3 Å². The van der Waals surface area contributed by atoms with Crippen molar-refractivity contribution in [1.29, 1.82) is 0 Å². The summed E-state index contributed by atoms with van der Waals surface area (Å²) in [5, 5.41) is 11.9. The Morgan fingerprint density at radius 1 is 1.23 bits per heavy atom. The first-order valence-corrected chi connectivity index (χ1v) is 10.9. The molecule has 160 valence electrons. The van der Waals surface area contributed by atoms with E-state index in [-0.39, 0.29) is 17.9 Å². The predicted molar refractivity (Wildman–Crippen MR) is 120 cm³/mol. The lowest BCUT2D eigenvalue weighted by Crippen LogP contribution is -2.46. The molecule has 0 aliphatic carbocycles. The second-order valence-corrected chi connectivity index (χ2v) is 8.92. The number of likely N-dealkylation sites (tertiary alicyclic amines) is 1. The van der Waals surface area contributed by atoms with E-state index in [0.29, 0.717) is 11.7 Å². The molecule has 2 N–H and O–H groups in total. The van der Waals surface area contributed by atoms with Gasteiger partial charge >= 0.3 is 0 Å². The van der Waals surface area contributed by atoms with E-state index in [1.54, 1.807) is 6.20 Å². The fraction of sp³-hybridized carbons (Fsp3) is 0.522. The Morgan fingerprint density at radius 2 is 1.97 bits per heavy atom. The summed E-state index contributed by atoms with van der Waals surface area (Å²) in [4.78, 5) is 20.1. The van der Waals surface area contributed by atoms with Crippen molar-refractivity contribution in [3.05, 3.63) is 35.8 Å². The zero-order chi connectivity index (χ0) is 21.4. The van der Waals surface area contributed by atoms with Gasteiger partial charge in [0.15, 0.2) is 0 Å². The Hall–Kier alpha value is -2.67. The van der Waals surface area contributed by atoms with E-state index in [2.05, 4.69) is 59.2 Å². The molecule has 0 aromatic carbocycles. The summed E-state index contributed by atoms with van der Waals surface area (Å²) in [6.07, 6.45) is 5.81. The zero-order valence-electron chi connectivity index (χ0n) is 18.6. The average molecular weight is 409 g/mol. The van der Waals surface area contributed by atoms with Crippen LogP contribution in [0.5, 0.6) is 0 Å². The van der Waals surface area contributed by atoms with Gasteiger partial charge in [0.1, 0.15) is 11.3 Å². The van der Waals surface area contributed by atoms with Gasteiger partial charge in [0.05, 0.1) is 5.69 Å². The molecule has 7 heteroatoms. The third kappa shape index (κ3) is 3.74. The summed E-state index contributed by atoms with van der Waals surface area (Å²) >= 11 is 0. The minimum absolute atomic E-state index is 0.0567. The first kappa shape index (κ1) is 20.6. The van der Waals surface area contributed by atoms with Gasteiger partial charge in [-0.05, 0) is 44.7 Å². The number of aryl methyl sites for hydroxylation is 1. The van der Waals surface area contributed by atoms with Gasteiger partial charge in [0.25, 0.3) is 5.91 Å². The summed E-state index contributed by atoms with van der Waals surface area (Å²) in [6.45, 7) is 10.7. The number of nitrogens with one attached hydrogen (secondary N) is 2. The highest BCUT2D eigenvalue weighted by Gasteiger charge is 2.27. The Labute approximate surface area is 177 Å². The molecule has 0 atom stereocenters. The first-order chi connectivity index (χ1) is 14.4. The molecule has 1 aliphatic rings. The van der Waals surface area contributed by atoms with Gasteiger partial charge < -0.3 is 14.8 Å². The lowest BCUT2D eigenvalue weighted by atomic mass is 9.96. The van der Waals surface area contributed by atoms with Crippen LogP contribution < -0.4 is 5.32 Å². The van der Waals surface area contributed by atoms with Crippen LogP contribution in [0.1, 0.15) is 62.5 Å². The number of pyridine rings is 1. The summed E-state index contributed by atoms with van der Waals surface area (Å²) in [6, 6.07) is 4.75. The second-order valence-electron chi connectivity index (χ2n) is 8.92. The van der Waals surface area contributed by atoms with E-state index in [0.717, 1.165) is 53.8 Å². The van der Waals surface area contributed by atoms with E-state index in [9.17, 15) is 4.79 Å². The molecule has 0 unspecified atom stereocenters. The Kier molecular flexibility index (Phi) is 5.64. The molecule has 0 radical (unpaired) electrons. The van der Waals surface area contributed by atoms with Crippen LogP contribution in [0, 0.1) is 0 Å². The summed E-state index contributed by atoms with van der Waals surface area (Å²) < 4.78 is 2.01. The van der Waals surface area contributed by atoms with Crippen LogP contribution in [0.3, 0.4) is 0 Å². The fourth-order valence-corrected chi connectivity index (χ4v) is 4.51. The lowest BCUT2D eigenvalue weighted by Gasteiger charge is -2.34. The topological polar surface area (TPSA) is 78.8 Å². The lowest BCUT2D eigenvalue weighted by molar-refractivity contribution is 0.0894. The third-order valence-corrected chi connectivity index (χ3v) is 6.19. The van der Waals surface area contributed by atoms with Crippen molar-refractivity contribution in [2.24, 2.45) is 7.05 Å². The molecule has 1 saturated heterocycles. The summed E-state index contributed by atoms with van der Waals surface area (Å²) in [5.74, 6) is 0.105. The van der Waals surface area contributed by atoms with Crippen molar-refractivity contribution in [2.75, 3.05) is 13.1 Å². The van der Waals surface area contributed by atoms with E-state index in [1.807, 2.05) is 23.9 Å². The van der Waals surface area contributed by atoms with Crippen LogP contribution in [-0.4, -0.2) is 55.7 Å². The molecule has 1 fully saturated rings. The standard InChI is InChI=1S/C23H32N6O/c1-14(2)19-20(18-13-28(5)22-17(18)7-6-10-24-22)26-27-21(19)23(30)25-16-8-11-29(12-9-16)15(3)4/h6-7,10,13-16H,8-9,11-12H2,1-5H3,(H,25,30)(H,26,27). The minimum Gasteiger partial charge on any atom is -0.348 e. The molecule has 7 nitrogen and oxygen atoms in total. The molecule has 1 aliphatic heterocycles. The molecular formula is C23H32N6O. The Morgan fingerprint density at radius 3 is 2.63 bits per heavy atom. The number of carbonyl (C=O) groups excluding carboxylic acids is 1. The van der Waals surface area contributed by atoms with Gasteiger partial charge in [-0.15, -0.1) is 0 Å². The third-order valence-electron chi connectivity index (χ3n) is 6.19. The Bertz CT molecular complexity index is 1040. The molecule has 0 bridgehead atoms. The highest BCUT2D eigenvalue weighted by Crippen LogP contribution is 2.35. The van der Waals surface area contributed by atoms with Gasteiger partial charge in [-0.25, -0.2) is 4.98 Å². The van der Waals surface area contributed by atoms with Gasteiger partial charge in [-0.2, -0.15) is 5.10 Å². The highest BCUT2D eigenvalue weighted by molar-refractivity contribution is 5.99. The van der Waals surface area contributed by atoms with E-state index >= 15 is 0 Å². The number of nitrogens with zero attached hydrogens (tertiary/aromatic N) is 4. The number of aromatic nitrogens is 4. The van der Waals surface area contributed by atoms with Gasteiger partial charge in [0, 0.05) is 61.1 Å². The number of rotatable bonds is 5. The van der Waals surface area contributed by atoms with Crippen LogP contribution in [0.2, 0.25) is 0 Å². The first-order valence-electron chi connectivity index (χ1n) is 10.9. The smallest absolute Gasteiger partial charge is 0.269 e. The zero-order valence-corrected chi connectivity index (χ0v) is 18.6. The van der Waals surface area contributed by atoms with E-state index in [1.165, 1.54) is 0 Å².